The Morgan fingerprint density at radius 3 is 2.25 bits per heavy atom. The third-order valence-electron chi connectivity index (χ3n) is 4.04. The van der Waals surface area contributed by atoms with Crippen LogP contribution >= 0.6 is 0 Å². The lowest BCUT2D eigenvalue weighted by Crippen LogP contribution is -2.35. The van der Waals surface area contributed by atoms with E-state index in [0.717, 1.165) is 26.0 Å². The topological polar surface area (TPSA) is 24.5 Å². The minimum atomic E-state index is 0.445. The molecule has 0 aliphatic heterocycles. The summed E-state index contributed by atoms with van der Waals surface area (Å²) in [5.74, 6) is 0. The minimum Gasteiger partial charge on any atom is -0.383 e. The van der Waals surface area contributed by atoms with Gasteiger partial charge in [0.1, 0.15) is 0 Å². The van der Waals surface area contributed by atoms with Crippen molar-refractivity contribution in [2.45, 2.75) is 45.7 Å². The Labute approximate surface area is 124 Å². The van der Waals surface area contributed by atoms with Gasteiger partial charge in [0.25, 0.3) is 0 Å². The van der Waals surface area contributed by atoms with Gasteiger partial charge >= 0.3 is 0 Å². The summed E-state index contributed by atoms with van der Waals surface area (Å²) >= 11 is 0. The van der Waals surface area contributed by atoms with Crippen LogP contribution in [0.5, 0.6) is 0 Å². The van der Waals surface area contributed by atoms with Gasteiger partial charge in [-0.2, -0.15) is 0 Å². The number of rotatable bonds is 9. The van der Waals surface area contributed by atoms with E-state index in [2.05, 4.69) is 55.3 Å². The second-order valence-corrected chi connectivity index (χ2v) is 5.28. The fraction of sp³-hybridized carbons (Fsp3) is 0.647. The average Bonchev–Trinajstić information content (AvgIpc) is 2.50. The number of benzene rings is 1. The Kier molecular flexibility index (Phi) is 7.63. The SMILES string of the molecule is CCC(NC)c1ccc(N(CCOC)C(C)CC)cc1. The van der Waals surface area contributed by atoms with Crippen molar-refractivity contribution in [1.82, 2.24) is 5.32 Å². The van der Waals surface area contributed by atoms with Crippen molar-refractivity contribution in [3.63, 3.8) is 0 Å². The summed E-state index contributed by atoms with van der Waals surface area (Å²) < 4.78 is 5.23. The summed E-state index contributed by atoms with van der Waals surface area (Å²) in [6.07, 6.45) is 2.24. The van der Waals surface area contributed by atoms with Crippen LogP contribution in [-0.2, 0) is 4.74 Å². The maximum absolute atomic E-state index is 5.23. The van der Waals surface area contributed by atoms with E-state index < -0.39 is 0 Å². The van der Waals surface area contributed by atoms with Crippen LogP contribution in [0.1, 0.15) is 45.2 Å². The van der Waals surface area contributed by atoms with Gasteiger partial charge in [-0.15, -0.1) is 0 Å². The fourth-order valence-corrected chi connectivity index (χ4v) is 2.52. The van der Waals surface area contributed by atoms with Gasteiger partial charge in [-0.1, -0.05) is 26.0 Å². The van der Waals surface area contributed by atoms with E-state index >= 15 is 0 Å². The van der Waals surface area contributed by atoms with Crippen molar-refractivity contribution in [3.8, 4) is 0 Å². The van der Waals surface area contributed by atoms with Crippen molar-refractivity contribution >= 4 is 5.69 Å². The van der Waals surface area contributed by atoms with Crippen molar-refractivity contribution in [2.75, 3.05) is 32.2 Å². The van der Waals surface area contributed by atoms with Gasteiger partial charge in [-0.25, -0.2) is 0 Å². The van der Waals surface area contributed by atoms with Gasteiger partial charge in [0.05, 0.1) is 6.61 Å². The first kappa shape index (κ1) is 17.0. The van der Waals surface area contributed by atoms with Gasteiger partial charge in [0, 0.05) is 31.4 Å². The molecule has 3 heteroatoms. The first-order valence-electron chi connectivity index (χ1n) is 7.70. The molecule has 2 unspecified atom stereocenters. The third-order valence-corrected chi connectivity index (χ3v) is 4.04. The maximum atomic E-state index is 5.23. The highest BCUT2D eigenvalue weighted by atomic mass is 16.5. The molecule has 0 fully saturated rings. The second kappa shape index (κ2) is 8.98. The fourth-order valence-electron chi connectivity index (χ4n) is 2.52. The van der Waals surface area contributed by atoms with Gasteiger partial charge in [-0.3, -0.25) is 0 Å². The number of anilines is 1. The second-order valence-electron chi connectivity index (χ2n) is 5.28. The van der Waals surface area contributed by atoms with E-state index in [1.54, 1.807) is 7.11 Å². The first-order valence-corrected chi connectivity index (χ1v) is 7.70. The molecule has 0 heterocycles. The van der Waals surface area contributed by atoms with E-state index in [0.29, 0.717) is 12.1 Å². The number of hydrogen-bond acceptors (Lipinski definition) is 3. The largest absolute Gasteiger partial charge is 0.383 e. The Hall–Kier alpha value is -1.06. The van der Waals surface area contributed by atoms with E-state index in [1.165, 1.54) is 11.3 Å². The Morgan fingerprint density at radius 2 is 1.80 bits per heavy atom. The van der Waals surface area contributed by atoms with Gasteiger partial charge in [-0.05, 0) is 44.5 Å². The summed E-state index contributed by atoms with van der Waals surface area (Å²) in [7, 11) is 3.78. The van der Waals surface area contributed by atoms with Crippen LogP contribution in [-0.4, -0.2) is 33.4 Å². The van der Waals surface area contributed by atoms with Crippen LogP contribution in [0.25, 0.3) is 0 Å². The quantitative estimate of drug-likeness (QED) is 0.747. The van der Waals surface area contributed by atoms with Crippen LogP contribution < -0.4 is 10.2 Å². The Morgan fingerprint density at radius 1 is 1.15 bits per heavy atom. The molecule has 0 aliphatic carbocycles. The molecule has 1 aromatic carbocycles. The lowest BCUT2D eigenvalue weighted by Gasteiger charge is -2.31. The first-order chi connectivity index (χ1) is 9.67. The third kappa shape index (κ3) is 4.50. The van der Waals surface area contributed by atoms with Crippen LogP contribution in [0.15, 0.2) is 24.3 Å². The summed E-state index contributed by atoms with van der Waals surface area (Å²) in [4.78, 5) is 2.42. The number of nitrogens with one attached hydrogen (secondary N) is 1. The van der Waals surface area contributed by atoms with E-state index in [9.17, 15) is 0 Å². The molecule has 20 heavy (non-hydrogen) atoms. The summed E-state index contributed by atoms with van der Waals surface area (Å²) in [5.41, 5.74) is 2.64. The standard InChI is InChI=1S/C17H30N2O/c1-6-14(3)19(12-13-20-5)16-10-8-15(9-11-16)17(7-2)18-4/h8-11,14,17-18H,6-7,12-13H2,1-5H3. The van der Waals surface area contributed by atoms with Crippen molar-refractivity contribution in [1.29, 1.82) is 0 Å². The molecule has 3 nitrogen and oxygen atoms in total. The molecule has 2 atom stereocenters. The molecular formula is C17H30N2O. The minimum absolute atomic E-state index is 0.445. The van der Waals surface area contributed by atoms with E-state index in [4.69, 9.17) is 4.74 Å². The van der Waals surface area contributed by atoms with Crippen LogP contribution in [0.2, 0.25) is 0 Å². The van der Waals surface area contributed by atoms with Gasteiger partial charge < -0.3 is 15.0 Å². The molecule has 1 N–H and O–H groups in total. The molecule has 114 valence electrons. The molecule has 0 aromatic heterocycles. The lowest BCUT2D eigenvalue weighted by atomic mass is 10.0. The smallest absolute Gasteiger partial charge is 0.0637 e. The zero-order chi connectivity index (χ0) is 15.0. The predicted octanol–water partition coefficient (Wildman–Crippen LogP) is 3.61. The van der Waals surface area contributed by atoms with Crippen molar-refractivity contribution in [3.05, 3.63) is 29.8 Å². The Balaban J connectivity index is 2.86. The summed E-state index contributed by atoms with van der Waals surface area (Å²) in [6, 6.07) is 9.92. The predicted molar refractivity (Wildman–Crippen MR) is 87.5 cm³/mol. The van der Waals surface area contributed by atoms with Crippen molar-refractivity contribution < 1.29 is 4.74 Å². The highest BCUT2D eigenvalue weighted by Crippen LogP contribution is 2.23. The molecule has 0 bridgehead atoms. The van der Waals surface area contributed by atoms with E-state index in [1.807, 2.05) is 7.05 Å². The zero-order valence-corrected chi connectivity index (χ0v) is 13.6. The van der Waals surface area contributed by atoms with Crippen LogP contribution in [0.3, 0.4) is 0 Å². The van der Waals surface area contributed by atoms with Gasteiger partial charge in [0.2, 0.25) is 0 Å². The monoisotopic (exact) mass is 278 g/mol. The molecule has 0 amide bonds. The molecule has 1 rings (SSSR count). The number of nitrogens with zero attached hydrogens (tertiary/aromatic N) is 1. The maximum Gasteiger partial charge on any atom is 0.0637 e. The molecule has 0 saturated heterocycles. The molecule has 0 aliphatic rings. The number of ether oxygens (including phenoxy) is 1. The summed E-state index contributed by atoms with van der Waals surface area (Å²) in [6.45, 7) is 8.41. The number of hydrogen-bond donors (Lipinski definition) is 1. The molecule has 0 spiro atoms. The molecule has 1 aromatic rings. The normalized spacial score (nSPS) is 14.1. The van der Waals surface area contributed by atoms with Gasteiger partial charge in [0.15, 0.2) is 0 Å². The average molecular weight is 278 g/mol. The molecule has 0 saturated carbocycles. The highest BCUT2D eigenvalue weighted by molar-refractivity contribution is 5.49. The highest BCUT2D eigenvalue weighted by Gasteiger charge is 2.13. The van der Waals surface area contributed by atoms with E-state index in [-0.39, 0.29) is 0 Å². The summed E-state index contributed by atoms with van der Waals surface area (Å²) in [5, 5.41) is 3.35. The Bertz CT molecular complexity index is 360. The van der Waals surface area contributed by atoms with Crippen LogP contribution in [0, 0.1) is 0 Å². The number of methoxy groups -OCH3 is 1. The lowest BCUT2D eigenvalue weighted by molar-refractivity contribution is 0.203. The molecule has 0 radical (unpaired) electrons. The zero-order valence-electron chi connectivity index (χ0n) is 13.6. The molecular weight excluding hydrogens is 248 g/mol. The van der Waals surface area contributed by atoms with Crippen LogP contribution in [0.4, 0.5) is 5.69 Å². The van der Waals surface area contributed by atoms with Crippen molar-refractivity contribution in [2.24, 2.45) is 0 Å².